The van der Waals surface area contributed by atoms with Crippen molar-refractivity contribution in [2.24, 2.45) is 0 Å². The largest absolute Gasteiger partial charge is 0.462 e. The summed E-state index contributed by atoms with van der Waals surface area (Å²) in [4.78, 5) is 24.5. The van der Waals surface area contributed by atoms with Crippen molar-refractivity contribution in [2.75, 3.05) is 6.61 Å². The summed E-state index contributed by atoms with van der Waals surface area (Å²) in [6, 6.07) is 11.8. The lowest BCUT2D eigenvalue weighted by atomic mass is 10.1. The predicted octanol–water partition coefficient (Wildman–Crippen LogP) is 4.78. The minimum absolute atomic E-state index is 0.0457. The lowest BCUT2D eigenvalue weighted by Crippen LogP contribution is -2.16. The first kappa shape index (κ1) is 18.6. The van der Waals surface area contributed by atoms with Gasteiger partial charge in [0.1, 0.15) is 0 Å². The zero-order chi connectivity index (χ0) is 18.1. The number of halogens is 1. The molecule has 4 nitrogen and oxygen atoms in total. The van der Waals surface area contributed by atoms with E-state index in [0.717, 1.165) is 25.7 Å². The van der Waals surface area contributed by atoms with Crippen molar-refractivity contribution in [3.63, 3.8) is 0 Å². The number of rotatable bonds is 8. The summed E-state index contributed by atoms with van der Waals surface area (Å²) in [5, 5.41) is 0. The van der Waals surface area contributed by atoms with E-state index in [4.69, 9.17) is 9.47 Å². The summed E-state index contributed by atoms with van der Waals surface area (Å²) >= 11 is 0. The first-order chi connectivity index (χ1) is 12.1. The fraction of sp³-hybridized carbons (Fsp3) is 0.300. The highest BCUT2D eigenvalue weighted by atomic mass is 19.1. The van der Waals surface area contributed by atoms with Crippen molar-refractivity contribution in [2.45, 2.75) is 32.6 Å². The van der Waals surface area contributed by atoms with Gasteiger partial charge in [0.2, 0.25) is 0 Å². The van der Waals surface area contributed by atoms with Gasteiger partial charge in [0.25, 0.3) is 0 Å². The summed E-state index contributed by atoms with van der Waals surface area (Å²) in [5.41, 5.74) is 0.156. The molecule has 0 bridgehead atoms. The smallest absolute Gasteiger partial charge is 0.344 e. The van der Waals surface area contributed by atoms with Gasteiger partial charge in [0, 0.05) is 0 Å². The van der Waals surface area contributed by atoms with E-state index in [0.29, 0.717) is 6.61 Å². The SMILES string of the molecule is CCCCCCOC(=O)c1ccccc1C(=O)Oc1ccccc1F. The highest BCUT2D eigenvalue weighted by molar-refractivity contribution is 6.03. The Morgan fingerprint density at radius 2 is 1.52 bits per heavy atom. The van der Waals surface area contributed by atoms with Crippen LogP contribution in [0.3, 0.4) is 0 Å². The molecule has 0 spiro atoms. The average molecular weight is 344 g/mol. The Bertz CT molecular complexity index is 727. The molecular weight excluding hydrogens is 323 g/mol. The van der Waals surface area contributed by atoms with Crippen molar-refractivity contribution < 1.29 is 23.5 Å². The summed E-state index contributed by atoms with van der Waals surface area (Å²) in [6.07, 6.45) is 3.95. The molecular formula is C20H21FO4. The van der Waals surface area contributed by atoms with Crippen LogP contribution in [0.25, 0.3) is 0 Å². The van der Waals surface area contributed by atoms with Crippen molar-refractivity contribution in [3.05, 3.63) is 65.5 Å². The molecule has 0 saturated carbocycles. The maximum Gasteiger partial charge on any atom is 0.344 e. The van der Waals surface area contributed by atoms with E-state index in [1.807, 2.05) is 0 Å². The van der Waals surface area contributed by atoms with E-state index in [2.05, 4.69) is 6.92 Å². The molecule has 0 aliphatic heterocycles. The number of para-hydroxylation sites is 1. The van der Waals surface area contributed by atoms with Gasteiger partial charge in [-0.05, 0) is 30.7 Å². The van der Waals surface area contributed by atoms with Gasteiger partial charge >= 0.3 is 11.9 Å². The van der Waals surface area contributed by atoms with Gasteiger partial charge in [-0.2, -0.15) is 0 Å². The molecule has 0 heterocycles. The molecule has 0 N–H and O–H groups in total. The fourth-order valence-electron chi connectivity index (χ4n) is 2.29. The van der Waals surface area contributed by atoms with Crippen LogP contribution in [0.15, 0.2) is 48.5 Å². The number of carbonyl (C=O) groups is 2. The first-order valence-corrected chi connectivity index (χ1v) is 8.36. The molecule has 0 aliphatic rings. The molecule has 0 aromatic heterocycles. The maximum atomic E-state index is 13.6. The lowest BCUT2D eigenvalue weighted by molar-refractivity contribution is 0.0489. The van der Waals surface area contributed by atoms with Crippen LogP contribution < -0.4 is 4.74 Å². The van der Waals surface area contributed by atoms with Crippen LogP contribution in [-0.4, -0.2) is 18.5 Å². The molecule has 0 amide bonds. The summed E-state index contributed by atoms with van der Waals surface area (Å²) in [7, 11) is 0. The Hall–Kier alpha value is -2.69. The van der Waals surface area contributed by atoms with Crippen LogP contribution in [0.5, 0.6) is 5.75 Å². The molecule has 0 fully saturated rings. The van der Waals surface area contributed by atoms with E-state index < -0.39 is 17.8 Å². The third kappa shape index (κ3) is 5.41. The number of benzene rings is 2. The van der Waals surface area contributed by atoms with Crippen LogP contribution in [0, 0.1) is 5.82 Å². The molecule has 2 rings (SSSR count). The molecule has 2 aromatic rings. The van der Waals surface area contributed by atoms with Gasteiger partial charge < -0.3 is 9.47 Å². The Kier molecular flexibility index (Phi) is 7.14. The molecule has 0 unspecified atom stereocenters. The lowest BCUT2D eigenvalue weighted by Gasteiger charge is -2.10. The Balaban J connectivity index is 2.05. The summed E-state index contributed by atoms with van der Waals surface area (Å²) in [5.74, 6) is -2.22. The van der Waals surface area contributed by atoms with Crippen LogP contribution in [0.1, 0.15) is 53.3 Å². The van der Waals surface area contributed by atoms with E-state index in [1.54, 1.807) is 18.2 Å². The third-order valence-electron chi connectivity index (χ3n) is 3.64. The van der Waals surface area contributed by atoms with Crippen molar-refractivity contribution in [3.8, 4) is 5.75 Å². The minimum atomic E-state index is -0.802. The van der Waals surface area contributed by atoms with Gasteiger partial charge in [0.15, 0.2) is 11.6 Å². The zero-order valence-corrected chi connectivity index (χ0v) is 14.2. The molecule has 132 valence electrons. The second-order valence-electron chi connectivity index (χ2n) is 5.56. The van der Waals surface area contributed by atoms with Crippen molar-refractivity contribution in [1.82, 2.24) is 0 Å². The normalized spacial score (nSPS) is 10.3. The van der Waals surface area contributed by atoms with Crippen LogP contribution in [0.2, 0.25) is 0 Å². The molecule has 0 saturated heterocycles. The van der Waals surface area contributed by atoms with Gasteiger partial charge in [-0.25, -0.2) is 14.0 Å². The number of hydrogen-bond donors (Lipinski definition) is 0. The number of ether oxygens (including phenoxy) is 2. The predicted molar refractivity (Wildman–Crippen MR) is 92.2 cm³/mol. The average Bonchev–Trinajstić information content (AvgIpc) is 2.63. The van der Waals surface area contributed by atoms with E-state index in [1.165, 1.54) is 30.3 Å². The van der Waals surface area contributed by atoms with Gasteiger partial charge in [-0.3, -0.25) is 0 Å². The second-order valence-corrected chi connectivity index (χ2v) is 5.56. The van der Waals surface area contributed by atoms with Gasteiger partial charge in [-0.15, -0.1) is 0 Å². The molecule has 2 aromatic carbocycles. The maximum absolute atomic E-state index is 13.6. The quantitative estimate of drug-likeness (QED) is 0.393. The highest BCUT2D eigenvalue weighted by Crippen LogP contribution is 2.19. The first-order valence-electron chi connectivity index (χ1n) is 8.36. The Morgan fingerprint density at radius 3 is 2.20 bits per heavy atom. The fourth-order valence-corrected chi connectivity index (χ4v) is 2.29. The summed E-state index contributed by atoms with van der Waals surface area (Å²) < 4.78 is 23.9. The second kappa shape index (κ2) is 9.57. The summed E-state index contributed by atoms with van der Waals surface area (Å²) in [6.45, 7) is 2.40. The minimum Gasteiger partial charge on any atom is -0.462 e. The molecule has 0 atom stereocenters. The topological polar surface area (TPSA) is 52.6 Å². The van der Waals surface area contributed by atoms with E-state index in [-0.39, 0.29) is 16.9 Å². The van der Waals surface area contributed by atoms with Gasteiger partial charge in [-0.1, -0.05) is 50.5 Å². The number of carbonyl (C=O) groups excluding carboxylic acids is 2. The van der Waals surface area contributed by atoms with Crippen molar-refractivity contribution in [1.29, 1.82) is 0 Å². The standard InChI is InChI=1S/C20H21FO4/c1-2-3-4-9-14-24-19(22)15-10-5-6-11-16(15)20(23)25-18-13-8-7-12-17(18)21/h5-8,10-13H,2-4,9,14H2,1H3. The number of hydrogen-bond acceptors (Lipinski definition) is 4. The van der Waals surface area contributed by atoms with Crippen LogP contribution in [-0.2, 0) is 4.74 Å². The van der Waals surface area contributed by atoms with Crippen LogP contribution in [0.4, 0.5) is 4.39 Å². The third-order valence-corrected chi connectivity index (χ3v) is 3.64. The monoisotopic (exact) mass is 344 g/mol. The molecule has 0 aliphatic carbocycles. The number of unbranched alkanes of at least 4 members (excludes halogenated alkanes) is 3. The van der Waals surface area contributed by atoms with E-state index >= 15 is 0 Å². The van der Waals surface area contributed by atoms with Gasteiger partial charge in [0.05, 0.1) is 17.7 Å². The van der Waals surface area contributed by atoms with Crippen LogP contribution >= 0.6 is 0 Å². The zero-order valence-electron chi connectivity index (χ0n) is 14.2. The molecule has 0 radical (unpaired) electrons. The molecule has 5 heteroatoms. The molecule has 25 heavy (non-hydrogen) atoms. The van der Waals surface area contributed by atoms with E-state index in [9.17, 15) is 14.0 Å². The Morgan fingerprint density at radius 1 is 0.880 bits per heavy atom. The van der Waals surface area contributed by atoms with Crippen molar-refractivity contribution >= 4 is 11.9 Å². The Labute approximate surface area is 146 Å². The number of esters is 2. The highest BCUT2D eigenvalue weighted by Gasteiger charge is 2.20.